The molecule has 0 unspecified atom stereocenters. The number of rotatable bonds is 8. The van der Waals surface area contributed by atoms with Crippen molar-refractivity contribution < 1.29 is 14.3 Å². The summed E-state index contributed by atoms with van der Waals surface area (Å²) in [7, 11) is 0. The van der Waals surface area contributed by atoms with Gasteiger partial charge in [0.1, 0.15) is 6.61 Å². The third kappa shape index (κ3) is 6.38. The minimum absolute atomic E-state index is 0.148. The van der Waals surface area contributed by atoms with Crippen LogP contribution in [0.2, 0.25) is 5.02 Å². The van der Waals surface area contributed by atoms with Crippen molar-refractivity contribution in [3.63, 3.8) is 0 Å². The number of hydrogen-bond donors (Lipinski definition) is 0. The monoisotopic (exact) mass is 618 g/mol. The van der Waals surface area contributed by atoms with Crippen molar-refractivity contribution in [2.45, 2.75) is 13.5 Å². The lowest BCUT2D eigenvalue weighted by Crippen LogP contribution is -2.28. The molecule has 0 atom stereocenters. The highest BCUT2D eigenvalue weighted by Crippen LogP contribution is 2.40. The molecule has 1 aliphatic rings. The van der Waals surface area contributed by atoms with E-state index in [1.165, 1.54) is 11.8 Å². The second kappa shape index (κ2) is 12.6. The minimum atomic E-state index is -0.148. The molecule has 0 aromatic heterocycles. The Balaban J connectivity index is 1.48. The molecule has 1 fully saturated rings. The van der Waals surface area contributed by atoms with Gasteiger partial charge in [0.25, 0.3) is 5.91 Å². The quantitative estimate of drug-likeness (QED) is 0.185. The topological polar surface area (TPSA) is 51.1 Å². The number of amidine groups is 1. The molecule has 1 saturated heterocycles. The highest BCUT2D eigenvalue weighted by atomic mass is 79.9. The molecule has 0 bridgehead atoms. The Kier molecular flexibility index (Phi) is 8.71. The van der Waals surface area contributed by atoms with Crippen LogP contribution in [0.25, 0.3) is 6.08 Å². The number of amides is 1. The molecular weight excluding hydrogens is 596 g/mol. The lowest BCUT2D eigenvalue weighted by molar-refractivity contribution is -0.113. The zero-order valence-corrected chi connectivity index (χ0v) is 24.2. The number of benzene rings is 4. The second-order valence-corrected chi connectivity index (χ2v) is 10.7. The summed E-state index contributed by atoms with van der Waals surface area (Å²) >= 11 is 11.3. The molecular formula is C31H24BrClN2O3S. The summed E-state index contributed by atoms with van der Waals surface area (Å²) in [4.78, 5) is 20.6. The summed E-state index contributed by atoms with van der Waals surface area (Å²) in [6.45, 7) is 2.67. The van der Waals surface area contributed by atoms with Gasteiger partial charge in [-0.25, -0.2) is 4.99 Å². The molecule has 196 valence electrons. The van der Waals surface area contributed by atoms with E-state index in [-0.39, 0.29) is 5.91 Å². The molecule has 0 spiro atoms. The van der Waals surface area contributed by atoms with E-state index in [0.29, 0.717) is 39.8 Å². The van der Waals surface area contributed by atoms with Crippen molar-refractivity contribution in [3.8, 4) is 11.5 Å². The van der Waals surface area contributed by atoms with Gasteiger partial charge in [0.05, 0.1) is 22.9 Å². The Morgan fingerprint density at radius 2 is 1.59 bits per heavy atom. The van der Waals surface area contributed by atoms with E-state index >= 15 is 0 Å². The molecule has 8 heteroatoms. The molecule has 4 aromatic rings. The van der Waals surface area contributed by atoms with E-state index in [4.69, 9.17) is 26.1 Å². The van der Waals surface area contributed by atoms with E-state index in [0.717, 1.165) is 27.0 Å². The number of anilines is 1. The lowest BCUT2D eigenvalue weighted by atomic mass is 10.1. The smallest absolute Gasteiger partial charge is 0.271 e. The van der Waals surface area contributed by atoms with Gasteiger partial charge in [-0.05, 0) is 72.8 Å². The van der Waals surface area contributed by atoms with Gasteiger partial charge < -0.3 is 9.47 Å². The minimum Gasteiger partial charge on any atom is -0.490 e. The van der Waals surface area contributed by atoms with Gasteiger partial charge in [0, 0.05) is 15.1 Å². The molecule has 0 aliphatic carbocycles. The van der Waals surface area contributed by atoms with Crippen LogP contribution in [0.5, 0.6) is 11.5 Å². The van der Waals surface area contributed by atoms with Gasteiger partial charge in [-0.3, -0.25) is 9.69 Å². The molecule has 5 rings (SSSR count). The van der Waals surface area contributed by atoms with Crippen molar-refractivity contribution >= 4 is 67.8 Å². The van der Waals surface area contributed by atoms with Crippen molar-refractivity contribution in [2.75, 3.05) is 11.5 Å². The van der Waals surface area contributed by atoms with E-state index in [1.807, 2.05) is 110 Å². The van der Waals surface area contributed by atoms with Crippen molar-refractivity contribution in [1.29, 1.82) is 0 Å². The zero-order chi connectivity index (χ0) is 27.2. The number of halogens is 2. The fourth-order valence-corrected chi connectivity index (χ4v) is 5.54. The van der Waals surface area contributed by atoms with Crippen LogP contribution in [0.1, 0.15) is 18.1 Å². The Bertz CT molecular complexity index is 1540. The van der Waals surface area contributed by atoms with Gasteiger partial charge in [-0.2, -0.15) is 0 Å². The number of carbonyl (C=O) groups is 1. The number of ether oxygens (including phenoxy) is 2. The fourth-order valence-electron chi connectivity index (χ4n) is 3.92. The van der Waals surface area contributed by atoms with E-state index in [9.17, 15) is 4.79 Å². The van der Waals surface area contributed by atoms with E-state index in [2.05, 4.69) is 15.9 Å². The molecule has 1 amide bonds. The van der Waals surface area contributed by atoms with Gasteiger partial charge in [-0.15, -0.1) is 0 Å². The van der Waals surface area contributed by atoms with Crippen molar-refractivity contribution in [1.82, 2.24) is 0 Å². The molecule has 1 heterocycles. The third-order valence-electron chi connectivity index (χ3n) is 5.79. The molecule has 0 saturated carbocycles. The van der Waals surface area contributed by atoms with E-state index in [1.54, 1.807) is 4.90 Å². The normalized spacial score (nSPS) is 15.3. The van der Waals surface area contributed by atoms with Crippen molar-refractivity contribution in [3.05, 3.63) is 123 Å². The number of hydrogen-bond acceptors (Lipinski definition) is 5. The Morgan fingerprint density at radius 1 is 0.923 bits per heavy atom. The second-order valence-electron chi connectivity index (χ2n) is 8.45. The molecule has 5 nitrogen and oxygen atoms in total. The van der Waals surface area contributed by atoms with Crippen molar-refractivity contribution in [2.24, 2.45) is 4.99 Å². The van der Waals surface area contributed by atoms with Gasteiger partial charge >= 0.3 is 0 Å². The zero-order valence-electron chi connectivity index (χ0n) is 21.0. The van der Waals surface area contributed by atoms with Gasteiger partial charge in [0.15, 0.2) is 16.7 Å². The SMILES string of the molecule is CCOc1cc(/C=C2\SC(=Nc3ccccc3)N(c3ccccc3)C2=O)c(Br)cc1OCc1ccccc1Cl. The van der Waals surface area contributed by atoms with Crippen LogP contribution in [0.3, 0.4) is 0 Å². The Labute approximate surface area is 245 Å². The number of nitrogens with zero attached hydrogens (tertiary/aromatic N) is 2. The first-order chi connectivity index (χ1) is 19.0. The highest BCUT2D eigenvalue weighted by Gasteiger charge is 2.35. The number of carbonyl (C=O) groups excluding carboxylic acids is 1. The first-order valence-electron chi connectivity index (χ1n) is 12.3. The average Bonchev–Trinajstić information content (AvgIpc) is 3.25. The molecule has 0 radical (unpaired) electrons. The first kappa shape index (κ1) is 27.1. The van der Waals surface area contributed by atoms with E-state index < -0.39 is 0 Å². The van der Waals surface area contributed by atoms with Crippen LogP contribution in [0, 0.1) is 0 Å². The standard InChI is InChI=1S/C31H24BrClN2O3S/c1-2-37-27-17-22(25(32)19-28(27)38-20-21-11-9-10-16-26(21)33)18-29-30(36)35(24-14-7-4-8-15-24)31(39-29)34-23-12-5-3-6-13-23/h3-19H,2,20H2,1H3/b29-18-,34-31?. The largest absolute Gasteiger partial charge is 0.490 e. The average molecular weight is 620 g/mol. The number of aliphatic imine (C=N–C) groups is 1. The summed E-state index contributed by atoms with van der Waals surface area (Å²) in [5, 5.41) is 1.23. The number of para-hydroxylation sites is 2. The molecule has 0 N–H and O–H groups in total. The van der Waals surface area contributed by atoms with Crippen LogP contribution < -0.4 is 14.4 Å². The van der Waals surface area contributed by atoms with Crippen LogP contribution in [-0.4, -0.2) is 17.7 Å². The molecule has 39 heavy (non-hydrogen) atoms. The summed E-state index contributed by atoms with van der Waals surface area (Å²) in [5.74, 6) is 1.01. The van der Waals surface area contributed by atoms with Crippen LogP contribution in [-0.2, 0) is 11.4 Å². The Morgan fingerprint density at radius 3 is 2.31 bits per heavy atom. The van der Waals surface area contributed by atoms with Crippen LogP contribution in [0.4, 0.5) is 11.4 Å². The maximum atomic E-state index is 13.7. The summed E-state index contributed by atoms with van der Waals surface area (Å²) in [6, 6.07) is 30.4. The maximum Gasteiger partial charge on any atom is 0.271 e. The third-order valence-corrected chi connectivity index (χ3v) is 7.82. The fraction of sp³-hybridized carbons (Fsp3) is 0.0968. The van der Waals surface area contributed by atoms with Gasteiger partial charge in [0.2, 0.25) is 0 Å². The highest BCUT2D eigenvalue weighted by molar-refractivity contribution is 9.10. The summed E-state index contributed by atoms with van der Waals surface area (Å²) in [6.07, 6.45) is 1.85. The maximum absolute atomic E-state index is 13.7. The Hall–Kier alpha value is -3.52. The summed E-state index contributed by atoms with van der Waals surface area (Å²) < 4.78 is 12.7. The summed E-state index contributed by atoms with van der Waals surface area (Å²) in [5.41, 5.74) is 3.19. The first-order valence-corrected chi connectivity index (χ1v) is 14.3. The predicted molar refractivity (Wildman–Crippen MR) is 164 cm³/mol. The van der Waals surface area contributed by atoms with Crippen LogP contribution >= 0.6 is 39.3 Å². The lowest BCUT2D eigenvalue weighted by Gasteiger charge is -2.15. The van der Waals surface area contributed by atoms with Gasteiger partial charge in [-0.1, -0.05) is 82.1 Å². The van der Waals surface area contributed by atoms with Crippen LogP contribution in [0.15, 0.2) is 111 Å². The molecule has 4 aromatic carbocycles. The number of thioether (sulfide) groups is 1. The molecule has 1 aliphatic heterocycles. The predicted octanol–water partition coefficient (Wildman–Crippen LogP) is 8.89.